The van der Waals surface area contributed by atoms with Crippen molar-refractivity contribution < 1.29 is 14.2 Å². The van der Waals surface area contributed by atoms with Gasteiger partial charge in [0.05, 0.1) is 27.4 Å². The Kier molecular flexibility index (Phi) is 6.15. The predicted octanol–water partition coefficient (Wildman–Crippen LogP) is 4.67. The van der Waals surface area contributed by atoms with Crippen molar-refractivity contribution in [3.05, 3.63) is 48.0 Å². The first kappa shape index (κ1) is 17.0. The number of ether oxygens (including phenoxy) is 3. The molecule has 2 aromatic carbocycles. The van der Waals surface area contributed by atoms with Crippen LogP contribution in [0.1, 0.15) is 31.4 Å². The fraction of sp³-hybridized carbons (Fsp3) is 0.368. The third kappa shape index (κ3) is 4.31. The van der Waals surface area contributed by atoms with Gasteiger partial charge in [0.15, 0.2) is 11.5 Å². The summed E-state index contributed by atoms with van der Waals surface area (Å²) in [5.41, 5.74) is 2.25. The van der Waals surface area contributed by atoms with E-state index in [1.54, 1.807) is 21.3 Å². The van der Waals surface area contributed by atoms with E-state index < -0.39 is 0 Å². The summed E-state index contributed by atoms with van der Waals surface area (Å²) < 4.78 is 15.9. The normalized spacial score (nSPS) is 11.7. The summed E-state index contributed by atoms with van der Waals surface area (Å²) in [7, 11) is 4.98. The van der Waals surface area contributed by atoms with Gasteiger partial charge in [0, 0.05) is 5.69 Å². The molecule has 0 fully saturated rings. The fourth-order valence-electron chi connectivity index (χ4n) is 2.57. The van der Waals surface area contributed by atoms with Crippen LogP contribution >= 0.6 is 0 Å². The largest absolute Gasteiger partial charge is 0.497 e. The molecule has 0 radical (unpaired) electrons. The second kappa shape index (κ2) is 8.32. The van der Waals surface area contributed by atoms with Crippen LogP contribution in [0.2, 0.25) is 0 Å². The topological polar surface area (TPSA) is 39.7 Å². The van der Waals surface area contributed by atoms with Gasteiger partial charge < -0.3 is 19.5 Å². The quantitative estimate of drug-likeness (QED) is 0.768. The molecule has 1 N–H and O–H groups in total. The summed E-state index contributed by atoms with van der Waals surface area (Å²) in [6, 6.07) is 14.3. The van der Waals surface area contributed by atoms with Crippen LogP contribution in [-0.4, -0.2) is 21.3 Å². The van der Waals surface area contributed by atoms with Crippen LogP contribution in [0.5, 0.6) is 17.2 Å². The number of anilines is 1. The van der Waals surface area contributed by atoms with Crippen LogP contribution in [-0.2, 0) is 0 Å². The molecule has 0 unspecified atom stereocenters. The average molecular weight is 315 g/mol. The van der Waals surface area contributed by atoms with Crippen molar-refractivity contribution in [3.8, 4) is 17.2 Å². The molecule has 0 heterocycles. The van der Waals surface area contributed by atoms with E-state index in [-0.39, 0.29) is 6.04 Å². The molecule has 0 saturated carbocycles. The lowest BCUT2D eigenvalue weighted by molar-refractivity contribution is 0.354. The molecule has 0 amide bonds. The van der Waals surface area contributed by atoms with E-state index in [4.69, 9.17) is 14.2 Å². The third-order valence-corrected chi connectivity index (χ3v) is 3.82. The van der Waals surface area contributed by atoms with Gasteiger partial charge in [-0.05, 0) is 48.4 Å². The number of rotatable bonds is 8. The molecule has 0 aromatic heterocycles. The number of hydrogen-bond donors (Lipinski definition) is 1. The Balaban J connectivity index is 2.23. The van der Waals surface area contributed by atoms with Gasteiger partial charge in [-0.3, -0.25) is 0 Å². The minimum absolute atomic E-state index is 0.216. The minimum atomic E-state index is 0.216. The Morgan fingerprint density at radius 2 is 1.57 bits per heavy atom. The van der Waals surface area contributed by atoms with Crippen molar-refractivity contribution >= 4 is 5.69 Å². The van der Waals surface area contributed by atoms with Crippen LogP contribution in [0.4, 0.5) is 5.69 Å². The van der Waals surface area contributed by atoms with E-state index in [9.17, 15) is 0 Å². The van der Waals surface area contributed by atoms with Crippen molar-refractivity contribution in [2.45, 2.75) is 25.8 Å². The van der Waals surface area contributed by atoms with Gasteiger partial charge in [0.1, 0.15) is 5.75 Å². The molecule has 0 aliphatic heterocycles. The average Bonchev–Trinajstić information content (AvgIpc) is 2.61. The van der Waals surface area contributed by atoms with Crippen LogP contribution in [0, 0.1) is 0 Å². The van der Waals surface area contributed by atoms with Crippen molar-refractivity contribution in [2.24, 2.45) is 0 Å². The molecule has 0 saturated heterocycles. The van der Waals surface area contributed by atoms with Crippen LogP contribution in [0.15, 0.2) is 42.5 Å². The van der Waals surface area contributed by atoms with Gasteiger partial charge in [0.25, 0.3) is 0 Å². The van der Waals surface area contributed by atoms with Gasteiger partial charge in [-0.25, -0.2) is 0 Å². The summed E-state index contributed by atoms with van der Waals surface area (Å²) in [5, 5.41) is 3.58. The van der Waals surface area contributed by atoms with E-state index in [1.165, 1.54) is 5.56 Å². The van der Waals surface area contributed by atoms with E-state index in [0.29, 0.717) is 0 Å². The van der Waals surface area contributed by atoms with Gasteiger partial charge in [-0.1, -0.05) is 19.4 Å². The lowest BCUT2D eigenvalue weighted by Crippen LogP contribution is -2.11. The molecule has 0 aliphatic rings. The van der Waals surface area contributed by atoms with E-state index >= 15 is 0 Å². The Morgan fingerprint density at radius 1 is 0.870 bits per heavy atom. The van der Waals surface area contributed by atoms with E-state index in [2.05, 4.69) is 18.3 Å². The Hall–Kier alpha value is -2.36. The minimum Gasteiger partial charge on any atom is -0.497 e. The molecular formula is C19H25NO3. The highest BCUT2D eigenvalue weighted by Gasteiger charge is 2.14. The lowest BCUT2D eigenvalue weighted by Gasteiger charge is -2.21. The summed E-state index contributed by atoms with van der Waals surface area (Å²) >= 11 is 0. The predicted molar refractivity (Wildman–Crippen MR) is 93.8 cm³/mol. The molecule has 23 heavy (non-hydrogen) atoms. The van der Waals surface area contributed by atoms with E-state index in [0.717, 1.165) is 35.8 Å². The maximum absolute atomic E-state index is 5.42. The summed E-state index contributed by atoms with van der Waals surface area (Å²) in [4.78, 5) is 0. The molecule has 4 nitrogen and oxygen atoms in total. The number of nitrogens with one attached hydrogen (secondary N) is 1. The Morgan fingerprint density at radius 3 is 2.13 bits per heavy atom. The van der Waals surface area contributed by atoms with Crippen molar-refractivity contribution in [2.75, 3.05) is 26.6 Å². The zero-order chi connectivity index (χ0) is 16.7. The second-order valence-electron chi connectivity index (χ2n) is 5.33. The maximum atomic E-state index is 5.42. The first-order chi connectivity index (χ1) is 11.2. The van der Waals surface area contributed by atoms with Crippen LogP contribution in [0.3, 0.4) is 0 Å². The second-order valence-corrected chi connectivity index (χ2v) is 5.33. The molecule has 0 spiro atoms. The van der Waals surface area contributed by atoms with Crippen molar-refractivity contribution in [1.82, 2.24) is 0 Å². The van der Waals surface area contributed by atoms with Gasteiger partial charge in [-0.15, -0.1) is 0 Å². The third-order valence-electron chi connectivity index (χ3n) is 3.82. The fourth-order valence-corrected chi connectivity index (χ4v) is 2.57. The molecule has 2 aromatic rings. The van der Waals surface area contributed by atoms with Gasteiger partial charge >= 0.3 is 0 Å². The molecule has 0 bridgehead atoms. The summed E-state index contributed by atoms with van der Waals surface area (Å²) in [6.45, 7) is 2.18. The number of methoxy groups -OCH3 is 3. The highest BCUT2D eigenvalue weighted by molar-refractivity contribution is 5.50. The Bertz CT molecular complexity index is 611. The van der Waals surface area contributed by atoms with E-state index in [1.807, 2.05) is 36.4 Å². The van der Waals surface area contributed by atoms with Crippen LogP contribution in [0.25, 0.3) is 0 Å². The molecule has 124 valence electrons. The number of hydrogen-bond acceptors (Lipinski definition) is 4. The zero-order valence-corrected chi connectivity index (χ0v) is 14.3. The molecular weight excluding hydrogens is 290 g/mol. The lowest BCUT2D eigenvalue weighted by atomic mass is 10.0. The molecule has 2 rings (SSSR count). The highest BCUT2D eigenvalue weighted by Crippen LogP contribution is 2.33. The Labute approximate surface area is 138 Å². The first-order valence-electron chi connectivity index (χ1n) is 7.84. The monoisotopic (exact) mass is 315 g/mol. The van der Waals surface area contributed by atoms with Gasteiger partial charge in [-0.2, -0.15) is 0 Å². The SMILES string of the molecule is CCC[C@H](Nc1ccc(OC)cc1)c1ccc(OC)c(OC)c1. The standard InChI is InChI=1S/C19H25NO3/c1-5-6-17(20-15-8-10-16(21-2)11-9-15)14-7-12-18(22-3)19(13-14)23-4/h7-13,17,20H,5-6H2,1-4H3/t17-/m0/s1. The summed E-state index contributed by atoms with van der Waals surface area (Å²) in [5.74, 6) is 2.35. The van der Waals surface area contributed by atoms with Crippen molar-refractivity contribution in [3.63, 3.8) is 0 Å². The highest BCUT2D eigenvalue weighted by atomic mass is 16.5. The van der Waals surface area contributed by atoms with Gasteiger partial charge in [0.2, 0.25) is 0 Å². The molecule has 0 aliphatic carbocycles. The maximum Gasteiger partial charge on any atom is 0.161 e. The first-order valence-corrected chi connectivity index (χ1v) is 7.84. The number of benzene rings is 2. The molecule has 1 atom stereocenters. The van der Waals surface area contributed by atoms with Crippen LogP contribution < -0.4 is 19.5 Å². The zero-order valence-electron chi connectivity index (χ0n) is 14.3. The summed E-state index contributed by atoms with van der Waals surface area (Å²) in [6.07, 6.45) is 2.11. The smallest absolute Gasteiger partial charge is 0.161 e. The van der Waals surface area contributed by atoms with Crippen molar-refractivity contribution in [1.29, 1.82) is 0 Å². The molecule has 4 heteroatoms.